The number of hydrogen-bond acceptors (Lipinski definition) is 2. The average molecular weight is 306 g/mol. The van der Waals surface area contributed by atoms with Crippen LogP contribution in [0.1, 0.15) is 87.0 Å². The van der Waals surface area contributed by atoms with Crippen molar-refractivity contribution in [3.05, 3.63) is 11.1 Å². The SMILES string of the molecule is CC1=C(CC(=O)OC(C)(C)C)[C@@]2(C)CCCC(C)(C)[C@@H]2CC1. The molecule has 22 heavy (non-hydrogen) atoms. The first kappa shape index (κ1) is 17.6. The molecule has 1 saturated carbocycles. The Hall–Kier alpha value is -0.790. The molecule has 0 aliphatic heterocycles. The number of allylic oxidation sites excluding steroid dienone is 1. The molecule has 0 unspecified atom stereocenters. The first-order valence-corrected chi connectivity index (χ1v) is 8.87. The molecule has 0 aromatic carbocycles. The van der Waals surface area contributed by atoms with Crippen LogP contribution in [-0.4, -0.2) is 11.6 Å². The standard InChI is InChI=1S/C20H34O2/c1-14-9-10-16-19(5,6)11-8-12-20(16,7)15(14)13-17(21)22-18(2,3)4/h16H,8-13H2,1-7H3/t16-,20+/m0/s1. The third-order valence-corrected chi connectivity index (χ3v) is 5.98. The number of ether oxygens (including phenoxy) is 1. The Morgan fingerprint density at radius 3 is 2.45 bits per heavy atom. The third kappa shape index (κ3) is 3.41. The van der Waals surface area contributed by atoms with Crippen LogP contribution in [0.15, 0.2) is 11.1 Å². The van der Waals surface area contributed by atoms with Crippen LogP contribution in [0.25, 0.3) is 0 Å². The molecule has 0 amide bonds. The third-order valence-electron chi connectivity index (χ3n) is 5.98. The van der Waals surface area contributed by atoms with Gasteiger partial charge in [-0.3, -0.25) is 4.79 Å². The second-order valence-corrected chi connectivity index (χ2v) is 9.37. The van der Waals surface area contributed by atoms with Crippen LogP contribution in [-0.2, 0) is 9.53 Å². The highest BCUT2D eigenvalue weighted by Gasteiger charge is 2.50. The normalized spacial score (nSPS) is 31.7. The highest BCUT2D eigenvalue weighted by atomic mass is 16.6. The molecule has 2 atom stereocenters. The fourth-order valence-electron chi connectivity index (χ4n) is 5.07. The molecule has 0 spiro atoms. The molecule has 2 aliphatic rings. The van der Waals surface area contributed by atoms with Gasteiger partial charge in [0, 0.05) is 0 Å². The monoisotopic (exact) mass is 306 g/mol. The van der Waals surface area contributed by atoms with Gasteiger partial charge in [-0.2, -0.15) is 0 Å². The lowest BCUT2D eigenvalue weighted by Gasteiger charge is -2.55. The molecule has 0 saturated heterocycles. The van der Waals surface area contributed by atoms with Crippen LogP contribution in [0.3, 0.4) is 0 Å². The molecular formula is C20H34O2. The van der Waals surface area contributed by atoms with Gasteiger partial charge in [-0.05, 0) is 70.1 Å². The first-order chi connectivity index (χ1) is 9.96. The van der Waals surface area contributed by atoms with E-state index in [4.69, 9.17) is 4.74 Å². The minimum Gasteiger partial charge on any atom is -0.460 e. The Bertz CT molecular complexity index is 478. The molecule has 0 aromatic heterocycles. The van der Waals surface area contributed by atoms with E-state index < -0.39 is 5.60 Å². The van der Waals surface area contributed by atoms with Gasteiger partial charge in [-0.25, -0.2) is 0 Å². The van der Waals surface area contributed by atoms with Crippen LogP contribution < -0.4 is 0 Å². The predicted molar refractivity (Wildman–Crippen MR) is 91.6 cm³/mol. The topological polar surface area (TPSA) is 26.3 Å². The summed E-state index contributed by atoms with van der Waals surface area (Å²) >= 11 is 0. The van der Waals surface area contributed by atoms with Crippen molar-refractivity contribution in [3.8, 4) is 0 Å². The van der Waals surface area contributed by atoms with E-state index in [9.17, 15) is 4.79 Å². The zero-order chi connectivity index (χ0) is 16.8. The van der Waals surface area contributed by atoms with Gasteiger partial charge < -0.3 is 4.74 Å². The Morgan fingerprint density at radius 1 is 1.23 bits per heavy atom. The van der Waals surface area contributed by atoms with Crippen LogP contribution in [0, 0.1) is 16.7 Å². The van der Waals surface area contributed by atoms with E-state index in [2.05, 4.69) is 27.7 Å². The minimum absolute atomic E-state index is 0.0629. The summed E-state index contributed by atoms with van der Waals surface area (Å²) in [6, 6.07) is 0. The van der Waals surface area contributed by atoms with E-state index in [1.807, 2.05) is 20.8 Å². The summed E-state index contributed by atoms with van der Waals surface area (Å²) in [5.74, 6) is 0.627. The van der Waals surface area contributed by atoms with Gasteiger partial charge in [0.05, 0.1) is 6.42 Å². The molecule has 0 bridgehead atoms. The van der Waals surface area contributed by atoms with Crippen LogP contribution in [0.5, 0.6) is 0 Å². The predicted octanol–water partition coefficient (Wildman–Crippen LogP) is 5.66. The molecule has 0 N–H and O–H groups in total. The number of fused-ring (bicyclic) bond motifs is 1. The lowest BCUT2D eigenvalue weighted by atomic mass is 9.50. The average Bonchev–Trinajstić information content (AvgIpc) is 2.30. The zero-order valence-corrected chi connectivity index (χ0v) is 15.6. The number of carbonyl (C=O) groups is 1. The van der Waals surface area contributed by atoms with Gasteiger partial charge in [-0.1, -0.05) is 38.3 Å². The summed E-state index contributed by atoms with van der Waals surface area (Å²) in [4.78, 5) is 12.4. The molecule has 0 aromatic rings. The molecule has 2 rings (SSSR count). The van der Waals surface area contributed by atoms with Crippen LogP contribution in [0.2, 0.25) is 0 Å². The number of esters is 1. The fourth-order valence-corrected chi connectivity index (χ4v) is 5.07. The molecule has 2 aliphatic carbocycles. The summed E-state index contributed by atoms with van der Waals surface area (Å²) in [6.45, 7) is 15.3. The number of carbonyl (C=O) groups excluding carboxylic acids is 1. The Labute approximate surface area is 136 Å². The Morgan fingerprint density at radius 2 is 1.86 bits per heavy atom. The maximum absolute atomic E-state index is 12.4. The second kappa shape index (κ2) is 5.69. The smallest absolute Gasteiger partial charge is 0.310 e. The van der Waals surface area contributed by atoms with Crippen molar-refractivity contribution in [2.75, 3.05) is 0 Å². The fraction of sp³-hybridized carbons (Fsp3) is 0.850. The maximum atomic E-state index is 12.4. The van der Waals surface area contributed by atoms with E-state index in [0.717, 1.165) is 6.42 Å². The lowest BCUT2D eigenvalue weighted by Crippen LogP contribution is -2.46. The quantitative estimate of drug-likeness (QED) is 0.486. The summed E-state index contributed by atoms with van der Waals surface area (Å²) in [5.41, 5.74) is 2.98. The van der Waals surface area contributed by atoms with Gasteiger partial charge in [0.2, 0.25) is 0 Å². The molecule has 2 heteroatoms. The van der Waals surface area contributed by atoms with Gasteiger partial charge >= 0.3 is 5.97 Å². The molecule has 1 fully saturated rings. The summed E-state index contributed by atoms with van der Waals surface area (Å²) < 4.78 is 5.59. The van der Waals surface area contributed by atoms with Crippen molar-refractivity contribution < 1.29 is 9.53 Å². The van der Waals surface area contributed by atoms with Crippen molar-refractivity contribution in [2.45, 2.75) is 92.6 Å². The van der Waals surface area contributed by atoms with E-state index in [1.54, 1.807) is 0 Å². The lowest BCUT2D eigenvalue weighted by molar-refractivity contribution is -0.154. The molecule has 126 valence electrons. The zero-order valence-electron chi connectivity index (χ0n) is 15.6. The highest BCUT2D eigenvalue weighted by molar-refractivity contribution is 5.73. The molecule has 2 nitrogen and oxygen atoms in total. The summed E-state index contributed by atoms with van der Waals surface area (Å²) in [7, 11) is 0. The number of hydrogen-bond donors (Lipinski definition) is 0. The van der Waals surface area contributed by atoms with Crippen molar-refractivity contribution in [3.63, 3.8) is 0 Å². The van der Waals surface area contributed by atoms with E-state index in [-0.39, 0.29) is 11.4 Å². The van der Waals surface area contributed by atoms with Crippen molar-refractivity contribution in [1.29, 1.82) is 0 Å². The van der Waals surface area contributed by atoms with Gasteiger partial charge in [0.15, 0.2) is 0 Å². The second-order valence-electron chi connectivity index (χ2n) is 9.37. The summed E-state index contributed by atoms with van der Waals surface area (Å²) in [5, 5.41) is 0. The summed E-state index contributed by atoms with van der Waals surface area (Å²) in [6.07, 6.45) is 6.69. The van der Waals surface area contributed by atoms with E-state index in [0.29, 0.717) is 17.8 Å². The van der Waals surface area contributed by atoms with Crippen LogP contribution in [0.4, 0.5) is 0 Å². The first-order valence-electron chi connectivity index (χ1n) is 8.87. The molecule has 0 radical (unpaired) electrons. The number of rotatable bonds is 2. The van der Waals surface area contributed by atoms with E-state index >= 15 is 0 Å². The van der Waals surface area contributed by atoms with Gasteiger partial charge in [-0.15, -0.1) is 0 Å². The van der Waals surface area contributed by atoms with Crippen molar-refractivity contribution in [2.24, 2.45) is 16.7 Å². The maximum Gasteiger partial charge on any atom is 0.310 e. The van der Waals surface area contributed by atoms with E-state index in [1.165, 1.54) is 36.8 Å². The van der Waals surface area contributed by atoms with Crippen molar-refractivity contribution >= 4 is 5.97 Å². The van der Waals surface area contributed by atoms with Crippen LogP contribution >= 0.6 is 0 Å². The Kier molecular flexibility index (Phi) is 4.54. The van der Waals surface area contributed by atoms with Gasteiger partial charge in [0.1, 0.15) is 5.60 Å². The molecular weight excluding hydrogens is 272 g/mol. The minimum atomic E-state index is -0.396. The highest BCUT2D eigenvalue weighted by Crippen LogP contribution is 2.60. The van der Waals surface area contributed by atoms with Gasteiger partial charge in [0.25, 0.3) is 0 Å². The largest absolute Gasteiger partial charge is 0.460 e. The van der Waals surface area contributed by atoms with Crippen molar-refractivity contribution in [1.82, 2.24) is 0 Å². The molecule has 0 heterocycles. The Balaban J connectivity index is 2.27.